The van der Waals surface area contributed by atoms with Gasteiger partial charge in [-0.15, -0.1) is 0 Å². The maximum atomic E-state index is 12.2. The lowest BCUT2D eigenvalue weighted by Crippen LogP contribution is -2.27. The van der Waals surface area contributed by atoms with E-state index in [1.165, 1.54) is 23.1 Å². The van der Waals surface area contributed by atoms with Crippen LogP contribution in [0.5, 0.6) is 0 Å². The van der Waals surface area contributed by atoms with Crippen LogP contribution in [0.1, 0.15) is 5.56 Å². The molecule has 0 aromatic heterocycles. The normalized spacial score (nSPS) is 11.1. The van der Waals surface area contributed by atoms with Gasteiger partial charge in [0.25, 0.3) is 0 Å². The first-order valence-corrected chi connectivity index (χ1v) is 4.92. The van der Waals surface area contributed by atoms with Gasteiger partial charge in [0.05, 0.1) is 6.42 Å². The lowest BCUT2D eigenvalue weighted by molar-refractivity contribution is -0.127. The zero-order valence-electron chi connectivity index (χ0n) is 9.51. The molecule has 6 heteroatoms. The van der Waals surface area contributed by atoms with Crippen LogP contribution in [0.4, 0.5) is 23.7 Å². The number of rotatable bonds is 2. The third-order valence-corrected chi connectivity index (χ3v) is 1.99. The van der Waals surface area contributed by atoms with Crippen molar-refractivity contribution >= 4 is 11.7 Å². The predicted molar refractivity (Wildman–Crippen MR) is 58.9 cm³/mol. The Morgan fingerprint density at radius 1 is 1.35 bits per heavy atom. The molecule has 94 valence electrons. The number of carbonyl (C=O) groups is 1. The summed E-state index contributed by atoms with van der Waals surface area (Å²) >= 11 is 0. The molecule has 1 aromatic carbocycles. The molecular formula is C11H13F3N2O. The van der Waals surface area contributed by atoms with Gasteiger partial charge in [-0.05, 0) is 17.7 Å². The highest BCUT2D eigenvalue weighted by atomic mass is 19.4. The van der Waals surface area contributed by atoms with E-state index in [2.05, 4.69) is 5.32 Å². The Balaban J connectivity index is 2.76. The molecule has 0 atom stereocenters. The highest BCUT2D eigenvalue weighted by molar-refractivity contribution is 5.88. The van der Waals surface area contributed by atoms with Crippen LogP contribution in [-0.2, 0) is 6.42 Å². The van der Waals surface area contributed by atoms with Gasteiger partial charge in [0, 0.05) is 19.8 Å². The molecule has 0 heterocycles. The molecule has 0 saturated carbocycles. The van der Waals surface area contributed by atoms with Gasteiger partial charge >= 0.3 is 12.2 Å². The number of nitrogens with one attached hydrogen (secondary N) is 1. The van der Waals surface area contributed by atoms with Crippen molar-refractivity contribution in [1.29, 1.82) is 0 Å². The Kier molecular flexibility index (Phi) is 3.98. The molecule has 0 spiro atoms. The van der Waals surface area contributed by atoms with Crippen molar-refractivity contribution in [2.45, 2.75) is 12.6 Å². The number of hydrogen-bond donors (Lipinski definition) is 1. The average Bonchev–Trinajstić information content (AvgIpc) is 2.15. The minimum atomic E-state index is -4.25. The minimum absolute atomic E-state index is 0.119. The van der Waals surface area contributed by atoms with E-state index in [1.54, 1.807) is 20.2 Å². The quantitative estimate of drug-likeness (QED) is 0.855. The van der Waals surface area contributed by atoms with E-state index in [-0.39, 0.29) is 11.6 Å². The van der Waals surface area contributed by atoms with E-state index in [0.29, 0.717) is 5.69 Å². The van der Waals surface area contributed by atoms with Crippen molar-refractivity contribution in [2.75, 3.05) is 19.4 Å². The summed E-state index contributed by atoms with van der Waals surface area (Å²) in [6, 6.07) is 5.33. The van der Waals surface area contributed by atoms with Crippen LogP contribution >= 0.6 is 0 Å². The summed E-state index contributed by atoms with van der Waals surface area (Å²) in [5.74, 6) is 0. The number of nitrogens with zero attached hydrogens (tertiary/aromatic N) is 1. The molecule has 3 nitrogen and oxygen atoms in total. The minimum Gasteiger partial charge on any atom is -0.331 e. The Labute approximate surface area is 97.2 Å². The second-order valence-corrected chi connectivity index (χ2v) is 3.82. The monoisotopic (exact) mass is 246 g/mol. The molecular weight excluding hydrogens is 233 g/mol. The largest absolute Gasteiger partial charge is 0.393 e. The first kappa shape index (κ1) is 13.3. The van der Waals surface area contributed by atoms with Gasteiger partial charge in [-0.25, -0.2) is 4.79 Å². The van der Waals surface area contributed by atoms with E-state index >= 15 is 0 Å². The number of amides is 2. The highest BCUT2D eigenvalue weighted by Gasteiger charge is 2.27. The Morgan fingerprint density at radius 2 is 2.00 bits per heavy atom. The van der Waals surface area contributed by atoms with Crippen LogP contribution in [0.2, 0.25) is 0 Å². The summed E-state index contributed by atoms with van der Waals surface area (Å²) in [4.78, 5) is 12.6. The topological polar surface area (TPSA) is 32.3 Å². The molecule has 0 unspecified atom stereocenters. The maximum Gasteiger partial charge on any atom is 0.393 e. The average molecular weight is 246 g/mol. The molecule has 0 aliphatic heterocycles. The van der Waals surface area contributed by atoms with Crippen molar-refractivity contribution in [3.8, 4) is 0 Å². The molecule has 1 rings (SSSR count). The van der Waals surface area contributed by atoms with Gasteiger partial charge in [-0.2, -0.15) is 13.2 Å². The molecule has 0 bridgehead atoms. The van der Waals surface area contributed by atoms with Gasteiger partial charge in [0.2, 0.25) is 0 Å². The molecule has 0 aliphatic rings. The maximum absolute atomic E-state index is 12.2. The zero-order valence-corrected chi connectivity index (χ0v) is 9.51. The number of anilines is 1. The van der Waals surface area contributed by atoms with Crippen molar-refractivity contribution in [1.82, 2.24) is 4.90 Å². The summed E-state index contributed by atoms with van der Waals surface area (Å²) in [6.07, 6.45) is -5.25. The lowest BCUT2D eigenvalue weighted by atomic mass is 10.1. The fourth-order valence-electron chi connectivity index (χ4n) is 1.23. The van der Waals surface area contributed by atoms with Gasteiger partial charge in [-0.3, -0.25) is 0 Å². The lowest BCUT2D eigenvalue weighted by Gasteiger charge is -2.13. The van der Waals surface area contributed by atoms with Gasteiger partial charge < -0.3 is 10.2 Å². The highest BCUT2D eigenvalue weighted by Crippen LogP contribution is 2.22. The molecule has 0 saturated heterocycles. The Hall–Kier alpha value is -1.72. The van der Waals surface area contributed by atoms with Crippen molar-refractivity contribution in [3.63, 3.8) is 0 Å². The van der Waals surface area contributed by atoms with E-state index in [1.807, 2.05) is 0 Å². The molecule has 0 radical (unpaired) electrons. The second-order valence-electron chi connectivity index (χ2n) is 3.82. The van der Waals surface area contributed by atoms with Crippen LogP contribution in [0.3, 0.4) is 0 Å². The Bertz CT molecular complexity index is 402. The van der Waals surface area contributed by atoms with Gasteiger partial charge in [0.1, 0.15) is 0 Å². The summed E-state index contributed by atoms with van der Waals surface area (Å²) in [6.45, 7) is 0. The molecule has 1 N–H and O–H groups in total. The summed E-state index contributed by atoms with van der Waals surface area (Å²) in [7, 11) is 3.10. The number of carbonyl (C=O) groups excluding carboxylic acids is 1. The van der Waals surface area contributed by atoms with Crippen molar-refractivity contribution in [3.05, 3.63) is 29.8 Å². The summed E-state index contributed by atoms with van der Waals surface area (Å²) in [5.41, 5.74) is 0.472. The van der Waals surface area contributed by atoms with Crippen molar-refractivity contribution < 1.29 is 18.0 Å². The van der Waals surface area contributed by atoms with Crippen LogP contribution in [0, 0.1) is 0 Å². The molecule has 0 fully saturated rings. The van der Waals surface area contributed by atoms with Crippen LogP contribution in [0.25, 0.3) is 0 Å². The first-order valence-electron chi connectivity index (χ1n) is 4.92. The molecule has 17 heavy (non-hydrogen) atoms. The number of hydrogen-bond acceptors (Lipinski definition) is 1. The molecule has 0 aliphatic carbocycles. The van der Waals surface area contributed by atoms with E-state index in [4.69, 9.17) is 0 Å². The fourth-order valence-corrected chi connectivity index (χ4v) is 1.23. The van der Waals surface area contributed by atoms with E-state index in [9.17, 15) is 18.0 Å². The first-order chi connectivity index (χ1) is 7.78. The fraction of sp³-hybridized carbons (Fsp3) is 0.364. The summed E-state index contributed by atoms with van der Waals surface area (Å²) in [5, 5.41) is 2.49. The van der Waals surface area contributed by atoms with Crippen LogP contribution in [0.15, 0.2) is 24.3 Å². The van der Waals surface area contributed by atoms with Crippen LogP contribution < -0.4 is 5.32 Å². The van der Waals surface area contributed by atoms with Gasteiger partial charge in [0.15, 0.2) is 0 Å². The zero-order chi connectivity index (χ0) is 13.1. The number of halogens is 3. The SMILES string of the molecule is CN(C)C(=O)Nc1cccc(CC(F)(F)F)c1. The number of urea groups is 1. The predicted octanol–water partition coefficient (Wildman–Crippen LogP) is 2.88. The third-order valence-electron chi connectivity index (χ3n) is 1.99. The standard InChI is InChI=1S/C11H13F3N2O/c1-16(2)10(17)15-9-5-3-4-8(6-9)7-11(12,13)14/h3-6H,7H2,1-2H3,(H,15,17). The second kappa shape index (κ2) is 5.07. The third kappa shape index (κ3) is 4.76. The van der Waals surface area contributed by atoms with E-state index < -0.39 is 12.6 Å². The Morgan fingerprint density at radius 3 is 2.53 bits per heavy atom. The van der Waals surface area contributed by atoms with Gasteiger partial charge in [-0.1, -0.05) is 12.1 Å². The summed E-state index contributed by atoms with van der Waals surface area (Å²) < 4.78 is 36.5. The van der Waals surface area contributed by atoms with Crippen molar-refractivity contribution in [2.24, 2.45) is 0 Å². The number of benzene rings is 1. The molecule has 1 aromatic rings. The molecule has 2 amide bonds. The number of alkyl halides is 3. The van der Waals surface area contributed by atoms with Crippen LogP contribution in [-0.4, -0.2) is 31.2 Å². The smallest absolute Gasteiger partial charge is 0.331 e. The van der Waals surface area contributed by atoms with E-state index in [0.717, 1.165) is 0 Å².